The van der Waals surface area contributed by atoms with Crippen LogP contribution in [0.3, 0.4) is 0 Å². The third-order valence-electron chi connectivity index (χ3n) is 0.589. The molecule has 0 aromatic heterocycles. The molecule has 2 unspecified atom stereocenters. The minimum absolute atomic E-state index is 1.60. The van der Waals surface area contributed by atoms with Gasteiger partial charge in [0.2, 0.25) is 5.12 Å². The first-order valence-electron chi connectivity index (χ1n) is 1.91. The predicted octanol–water partition coefficient (Wildman–Crippen LogP) is 1.15. The number of carboxylic acid groups (broad SMARTS) is 1. The van der Waals surface area contributed by atoms with Gasteiger partial charge in [-0.3, -0.25) is 4.57 Å². The summed E-state index contributed by atoms with van der Waals surface area (Å²) in [7, 11) is -4.24. The van der Waals surface area contributed by atoms with Gasteiger partial charge in [-0.25, -0.2) is 8.41 Å². The molecule has 2 N–H and O–H groups in total. The van der Waals surface area contributed by atoms with Gasteiger partial charge < -0.3 is 10.00 Å². The van der Waals surface area contributed by atoms with Crippen molar-refractivity contribution in [2.24, 2.45) is 0 Å². The molecule has 0 aliphatic rings. The largest absolute Gasteiger partial charge is 0.480 e. The number of halogens is 2. The minimum atomic E-state index is -4.24. The Hall–Kier alpha value is 0.390. The summed E-state index contributed by atoms with van der Waals surface area (Å²) in [6, 6.07) is 0. The minimum Gasteiger partial charge on any atom is -0.480 e. The zero-order chi connectivity index (χ0) is 8.36. The van der Waals surface area contributed by atoms with Crippen molar-refractivity contribution >= 4 is 41.4 Å². The smallest absolute Gasteiger partial charge is 0.368 e. The lowest BCUT2D eigenvalue weighted by Gasteiger charge is -2.07. The molecule has 0 aliphatic carbocycles. The monoisotopic (exact) mass is 252 g/mol. The van der Waals surface area contributed by atoms with E-state index in [1.165, 1.54) is 0 Å². The van der Waals surface area contributed by atoms with Gasteiger partial charge >= 0.3 is 13.6 Å². The molecule has 10 heavy (non-hydrogen) atoms. The molecule has 0 fully saturated rings. The lowest BCUT2D eigenvalue weighted by atomic mass is 10.8. The van der Waals surface area contributed by atoms with Crippen molar-refractivity contribution < 1.29 is 23.0 Å². The summed E-state index contributed by atoms with van der Waals surface area (Å²) in [5.74, 6) is -1.60. The number of carboxylic acids is 1. The van der Waals surface area contributed by atoms with Crippen LogP contribution >= 0.6 is 35.5 Å². The maximum absolute atomic E-state index is 10.5. The highest BCUT2D eigenvalue weighted by Crippen LogP contribution is 2.51. The molecular formula is C2H3BrClO5P. The lowest BCUT2D eigenvalue weighted by molar-refractivity contribution is -0.135. The quantitative estimate of drug-likeness (QED) is 0.582. The average molecular weight is 253 g/mol. The third kappa shape index (κ3) is 2.56. The van der Waals surface area contributed by atoms with E-state index in [0.717, 1.165) is 0 Å². The standard InChI is InChI=1S/C2H3BrClO5P/c3-9-10(7,8)1(4)2(5)6/h1H,(H,5,6)(H,7,8). The molecule has 0 aromatic carbocycles. The van der Waals surface area contributed by atoms with E-state index in [0.29, 0.717) is 0 Å². The fraction of sp³-hybridized carbons (Fsp3) is 0.500. The van der Waals surface area contributed by atoms with Crippen LogP contribution in [0.15, 0.2) is 0 Å². The maximum atomic E-state index is 10.5. The molecule has 8 heteroatoms. The van der Waals surface area contributed by atoms with Gasteiger partial charge in [0.15, 0.2) is 0 Å². The van der Waals surface area contributed by atoms with E-state index in [4.69, 9.17) is 21.6 Å². The normalized spacial score (nSPS) is 19.5. The van der Waals surface area contributed by atoms with E-state index < -0.39 is 18.7 Å². The summed E-state index contributed by atoms with van der Waals surface area (Å²) in [6.45, 7) is 0. The summed E-state index contributed by atoms with van der Waals surface area (Å²) in [6.07, 6.45) is 0. The average Bonchev–Trinajstić information content (AvgIpc) is 1.86. The molecule has 0 rings (SSSR count). The lowest BCUT2D eigenvalue weighted by Crippen LogP contribution is -2.13. The molecule has 0 spiro atoms. The summed E-state index contributed by atoms with van der Waals surface area (Å²) < 4.78 is 14.3. The summed E-state index contributed by atoms with van der Waals surface area (Å²) in [5, 5.41) is 6.15. The summed E-state index contributed by atoms with van der Waals surface area (Å²) in [4.78, 5) is 18.5. The van der Waals surface area contributed by atoms with Gasteiger partial charge in [0.25, 0.3) is 0 Å². The summed E-state index contributed by atoms with van der Waals surface area (Å²) >= 11 is 7.12. The third-order valence-corrected chi connectivity index (χ3v) is 3.75. The molecule has 0 saturated carbocycles. The second kappa shape index (κ2) is 3.69. The molecular weight excluding hydrogens is 250 g/mol. The topological polar surface area (TPSA) is 83.8 Å². The van der Waals surface area contributed by atoms with Crippen LogP contribution in [0, 0.1) is 0 Å². The Balaban J connectivity index is 4.33. The maximum Gasteiger partial charge on any atom is 0.368 e. The molecule has 0 radical (unpaired) electrons. The highest BCUT2D eigenvalue weighted by Gasteiger charge is 2.36. The highest BCUT2D eigenvalue weighted by molar-refractivity contribution is 9.06. The molecule has 0 aliphatic heterocycles. The Bertz CT molecular complexity index is 182. The van der Waals surface area contributed by atoms with Gasteiger partial charge in [-0.15, -0.1) is 0 Å². The first-order chi connectivity index (χ1) is 4.41. The Labute approximate surface area is 69.9 Å². The second-order valence-corrected chi connectivity index (χ2v) is 4.70. The molecule has 60 valence electrons. The Morgan fingerprint density at radius 1 is 1.80 bits per heavy atom. The van der Waals surface area contributed by atoms with Crippen LogP contribution in [-0.2, 0) is 13.0 Å². The number of rotatable bonds is 3. The zero-order valence-corrected chi connectivity index (χ0v) is 7.64. The van der Waals surface area contributed by atoms with E-state index in [1.54, 1.807) is 0 Å². The first-order valence-corrected chi connectivity index (χ1v) is 4.64. The van der Waals surface area contributed by atoms with Crippen molar-refractivity contribution in [1.29, 1.82) is 0 Å². The van der Waals surface area contributed by atoms with Gasteiger partial charge in [-0.05, 0) is 0 Å². The van der Waals surface area contributed by atoms with Gasteiger partial charge in [0, 0.05) is 0 Å². The molecule has 0 heterocycles. The SMILES string of the molecule is O=C(O)C(Cl)P(=O)(O)OBr. The van der Waals surface area contributed by atoms with Crippen molar-refractivity contribution in [2.75, 3.05) is 0 Å². The molecule has 0 saturated heterocycles. The second-order valence-electron chi connectivity index (χ2n) is 1.31. The predicted molar refractivity (Wildman–Crippen MR) is 37.1 cm³/mol. The number of alkyl halides is 1. The van der Waals surface area contributed by atoms with Crippen LogP contribution in [0.1, 0.15) is 0 Å². The van der Waals surface area contributed by atoms with Crippen LogP contribution in [0.4, 0.5) is 0 Å². The van der Waals surface area contributed by atoms with E-state index in [1.807, 2.05) is 0 Å². The fourth-order valence-corrected chi connectivity index (χ4v) is 1.43. The van der Waals surface area contributed by atoms with Crippen molar-refractivity contribution in [1.82, 2.24) is 0 Å². The zero-order valence-electron chi connectivity index (χ0n) is 4.40. The highest BCUT2D eigenvalue weighted by atomic mass is 79.9. The van der Waals surface area contributed by atoms with Gasteiger partial charge in [-0.2, -0.15) is 0 Å². The molecule has 0 bridgehead atoms. The van der Waals surface area contributed by atoms with Crippen LogP contribution in [0.25, 0.3) is 0 Å². The summed E-state index contributed by atoms with van der Waals surface area (Å²) in [5.41, 5.74) is 0. The number of carbonyl (C=O) groups is 1. The van der Waals surface area contributed by atoms with Crippen LogP contribution < -0.4 is 0 Å². The van der Waals surface area contributed by atoms with Crippen LogP contribution in [0.5, 0.6) is 0 Å². The molecule has 2 atom stereocenters. The van der Waals surface area contributed by atoms with Crippen molar-refractivity contribution in [3.63, 3.8) is 0 Å². The van der Waals surface area contributed by atoms with Gasteiger partial charge in [0.05, 0.1) is 0 Å². The van der Waals surface area contributed by atoms with Crippen LogP contribution in [-0.4, -0.2) is 21.1 Å². The Kier molecular flexibility index (Phi) is 3.83. The molecule has 5 nitrogen and oxygen atoms in total. The van der Waals surface area contributed by atoms with E-state index in [9.17, 15) is 9.36 Å². The van der Waals surface area contributed by atoms with E-state index in [-0.39, 0.29) is 0 Å². The Morgan fingerprint density at radius 2 is 2.20 bits per heavy atom. The van der Waals surface area contributed by atoms with Crippen molar-refractivity contribution in [3.05, 3.63) is 0 Å². The van der Waals surface area contributed by atoms with Crippen molar-refractivity contribution in [2.45, 2.75) is 5.12 Å². The van der Waals surface area contributed by atoms with Gasteiger partial charge in [0.1, 0.15) is 16.3 Å². The number of hydrogen-bond acceptors (Lipinski definition) is 3. The van der Waals surface area contributed by atoms with Crippen molar-refractivity contribution in [3.8, 4) is 0 Å². The molecule has 0 aromatic rings. The van der Waals surface area contributed by atoms with E-state index >= 15 is 0 Å². The number of hydrogen-bond donors (Lipinski definition) is 2. The molecule has 0 amide bonds. The Morgan fingerprint density at radius 3 is 2.30 bits per heavy atom. The first kappa shape index (κ1) is 10.4. The fourth-order valence-electron chi connectivity index (χ4n) is 0.175. The number of aliphatic carboxylic acids is 1. The van der Waals surface area contributed by atoms with Crippen LogP contribution in [0.2, 0.25) is 0 Å². The van der Waals surface area contributed by atoms with Gasteiger partial charge in [-0.1, -0.05) is 11.6 Å². The van der Waals surface area contributed by atoms with E-state index in [2.05, 4.69) is 19.9 Å².